The Bertz CT molecular complexity index is 1440. The fraction of sp³-hybridized carbons (Fsp3) is 0.394. The third-order valence-corrected chi connectivity index (χ3v) is 9.26. The third kappa shape index (κ3) is 9.49. The lowest BCUT2D eigenvalue weighted by atomic mass is 10.1. The summed E-state index contributed by atoms with van der Waals surface area (Å²) in [6, 6.07) is 22.1. The topological polar surface area (TPSA) is 96.0 Å². The molecule has 0 aliphatic rings. The van der Waals surface area contributed by atoms with E-state index in [2.05, 4.69) is 5.32 Å². The fourth-order valence-corrected chi connectivity index (χ4v) is 6.45. The minimum Gasteiger partial charge on any atom is -0.494 e. The van der Waals surface area contributed by atoms with E-state index in [4.69, 9.17) is 4.74 Å². The van der Waals surface area contributed by atoms with Gasteiger partial charge in [0.05, 0.1) is 17.2 Å². The van der Waals surface area contributed by atoms with E-state index < -0.39 is 34.1 Å². The van der Waals surface area contributed by atoms with Gasteiger partial charge in [0.25, 0.3) is 10.0 Å². The van der Waals surface area contributed by atoms with E-state index >= 15 is 0 Å². The zero-order chi connectivity index (χ0) is 31.6. The van der Waals surface area contributed by atoms with Crippen LogP contribution >= 0.6 is 11.8 Å². The molecule has 0 aliphatic heterocycles. The summed E-state index contributed by atoms with van der Waals surface area (Å²) in [5.74, 6) is -0.154. The smallest absolute Gasteiger partial charge is 0.264 e. The predicted molar refractivity (Wildman–Crippen MR) is 174 cm³/mol. The van der Waals surface area contributed by atoms with Crippen molar-refractivity contribution < 1.29 is 22.7 Å². The summed E-state index contributed by atoms with van der Waals surface area (Å²) >= 11 is 1.51. The van der Waals surface area contributed by atoms with Gasteiger partial charge < -0.3 is 15.0 Å². The second kappa shape index (κ2) is 15.3. The summed E-state index contributed by atoms with van der Waals surface area (Å²) < 4.78 is 34.8. The number of amides is 2. The van der Waals surface area contributed by atoms with Gasteiger partial charge in [-0.3, -0.25) is 13.9 Å². The molecule has 0 aromatic heterocycles. The Kier molecular flexibility index (Phi) is 12.1. The lowest BCUT2D eigenvalue weighted by Crippen LogP contribution is -2.56. The highest BCUT2D eigenvalue weighted by Gasteiger charge is 2.34. The van der Waals surface area contributed by atoms with Gasteiger partial charge >= 0.3 is 0 Å². The molecule has 0 radical (unpaired) electrons. The maximum Gasteiger partial charge on any atom is 0.264 e. The monoisotopic (exact) mass is 625 g/mol. The average Bonchev–Trinajstić information content (AvgIpc) is 2.98. The predicted octanol–water partition coefficient (Wildman–Crippen LogP) is 5.77. The Hall–Kier alpha value is -3.50. The Morgan fingerprint density at radius 2 is 1.56 bits per heavy atom. The van der Waals surface area contributed by atoms with Gasteiger partial charge in [-0.15, -0.1) is 11.8 Å². The van der Waals surface area contributed by atoms with Crippen molar-refractivity contribution in [1.29, 1.82) is 0 Å². The van der Waals surface area contributed by atoms with Crippen LogP contribution in [0, 0.1) is 0 Å². The van der Waals surface area contributed by atoms with Crippen molar-refractivity contribution in [1.82, 2.24) is 10.2 Å². The van der Waals surface area contributed by atoms with Gasteiger partial charge in [-0.25, -0.2) is 8.42 Å². The maximum absolute atomic E-state index is 14.2. The Morgan fingerprint density at radius 3 is 2.09 bits per heavy atom. The minimum atomic E-state index is -4.15. The van der Waals surface area contributed by atoms with Crippen molar-refractivity contribution in [3.8, 4) is 5.75 Å². The van der Waals surface area contributed by atoms with Crippen LogP contribution in [0.3, 0.4) is 0 Å². The van der Waals surface area contributed by atoms with E-state index in [-0.39, 0.29) is 17.3 Å². The SMILES string of the molecule is CCOc1ccc(N(CC(=O)N(CCc2ccccc2)[C@H](CC)C(=O)NC(C)(C)C)S(=O)(=O)c2ccc(SC)cc2)cc1. The summed E-state index contributed by atoms with van der Waals surface area (Å²) in [7, 11) is -4.15. The van der Waals surface area contributed by atoms with E-state index in [1.54, 1.807) is 48.5 Å². The van der Waals surface area contributed by atoms with Crippen LogP contribution in [0.15, 0.2) is 88.7 Å². The number of hydrogen-bond donors (Lipinski definition) is 1. The lowest BCUT2D eigenvalue weighted by molar-refractivity contribution is -0.140. The third-order valence-electron chi connectivity index (χ3n) is 6.73. The lowest BCUT2D eigenvalue weighted by Gasteiger charge is -2.34. The molecular weight excluding hydrogens is 583 g/mol. The van der Waals surface area contributed by atoms with E-state index in [0.717, 1.165) is 14.8 Å². The average molecular weight is 626 g/mol. The maximum atomic E-state index is 14.2. The molecule has 0 bridgehead atoms. The molecule has 0 saturated heterocycles. The Morgan fingerprint density at radius 1 is 0.930 bits per heavy atom. The van der Waals surface area contributed by atoms with Crippen molar-refractivity contribution in [2.75, 3.05) is 30.3 Å². The molecule has 43 heavy (non-hydrogen) atoms. The molecule has 2 amide bonds. The molecule has 0 heterocycles. The quantitative estimate of drug-likeness (QED) is 0.229. The number of ether oxygens (including phenoxy) is 1. The van der Waals surface area contributed by atoms with Gasteiger partial charge in [-0.2, -0.15) is 0 Å². The Labute approximate surface area is 260 Å². The number of carbonyl (C=O) groups excluding carboxylic acids is 2. The van der Waals surface area contributed by atoms with Crippen molar-refractivity contribution in [3.05, 3.63) is 84.4 Å². The number of anilines is 1. The largest absolute Gasteiger partial charge is 0.494 e. The van der Waals surface area contributed by atoms with Crippen molar-refractivity contribution in [2.45, 2.75) is 68.8 Å². The van der Waals surface area contributed by atoms with Crippen molar-refractivity contribution in [3.63, 3.8) is 0 Å². The second-order valence-corrected chi connectivity index (χ2v) is 13.8. The highest BCUT2D eigenvalue weighted by atomic mass is 32.2. The normalized spacial score (nSPS) is 12.3. The van der Waals surface area contributed by atoms with E-state index in [1.165, 1.54) is 16.7 Å². The molecule has 0 spiro atoms. The molecule has 1 atom stereocenters. The van der Waals surface area contributed by atoms with Gasteiger partial charge in [0.2, 0.25) is 11.8 Å². The van der Waals surface area contributed by atoms with Gasteiger partial charge in [0.1, 0.15) is 18.3 Å². The van der Waals surface area contributed by atoms with E-state index in [1.807, 2.05) is 71.2 Å². The van der Waals surface area contributed by atoms with Gasteiger partial charge in [0.15, 0.2) is 0 Å². The molecule has 0 fully saturated rings. The molecule has 0 aliphatic carbocycles. The van der Waals surface area contributed by atoms with Gasteiger partial charge in [0, 0.05) is 17.0 Å². The Balaban J connectivity index is 2.03. The molecule has 3 rings (SSSR count). The molecule has 0 saturated carbocycles. The fourth-order valence-electron chi connectivity index (χ4n) is 4.63. The first-order chi connectivity index (χ1) is 20.4. The number of thioether (sulfide) groups is 1. The number of nitrogens with zero attached hydrogens (tertiary/aromatic N) is 2. The number of carbonyl (C=O) groups is 2. The van der Waals surface area contributed by atoms with Crippen LogP contribution in [0.25, 0.3) is 0 Å². The first-order valence-corrected chi connectivity index (χ1v) is 17.1. The molecule has 10 heteroatoms. The second-order valence-electron chi connectivity index (χ2n) is 11.1. The molecular formula is C33H43N3O5S2. The zero-order valence-electron chi connectivity index (χ0n) is 25.9. The van der Waals surface area contributed by atoms with Crippen molar-refractivity contribution >= 4 is 39.3 Å². The van der Waals surface area contributed by atoms with Crippen LogP contribution in [0.4, 0.5) is 5.69 Å². The molecule has 1 N–H and O–H groups in total. The van der Waals surface area contributed by atoms with Gasteiger partial charge in [-0.1, -0.05) is 37.3 Å². The highest BCUT2D eigenvalue weighted by Crippen LogP contribution is 2.28. The zero-order valence-corrected chi connectivity index (χ0v) is 27.5. The number of sulfonamides is 1. The molecule has 3 aromatic rings. The van der Waals surface area contributed by atoms with E-state index in [0.29, 0.717) is 30.9 Å². The van der Waals surface area contributed by atoms with Crippen LogP contribution in [-0.4, -0.2) is 62.7 Å². The van der Waals surface area contributed by atoms with Crippen LogP contribution in [0.5, 0.6) is 5.75 Å². The van der Waals surface area contributed by atoms with Crippen molar-refractivity contribution in [2.24, 2.45) is 0 Å². The molecule has 232 valence electrons. The van der Waals surface area contributed by atoms with Gasteiger partial charge in [-0.05, 0) is 101 Å². The summed E-state index contributed by atoms with van der Waals surface area (Å²) in [6.45, 7) is 9.61. The van der Waals surface area contributed by atoms with Crippen LogP contribution in [0.2, 0.25) is 0 Å². The molecule has 3 aromatic carbocycles. The van der Waals surface area contributed by atoms with Crippen LogP contribution < -0.4 is 14.4 Å². The van der Waals surface area contributed by atoms with Crippen LogP contribution in [-0.2, 0) is 26.0 Å². The number of benzene rings is 3. The molecule has 0 unspecified atom stereocenters. The summed E-state index contributed by atoms with van der Waals surface area (Å²) in [5, 5.41) is 2.99. The van der Waals surface area contributed by atoms with Crippen LogP contribution in [0.1, 0.15) is 46.6 Å². The number of hydrogen-bond acceptors (Lipinski definition) is 6. The highest BCUT2D eigenvalue weighted by molar-refractivity contribution is 7.98. The first-order valence-electron chi connectivity index (χ1n) is 14.4. The molecule has 8 nitrogen and oxygen atoms in total. The summed E-state index contributed by atoms with van der Waals surface area (Å²) in [4.78, 5) is 30.1. The van der Waals surface area contributed by atoms with E-state index in [9.17, 15) is 18.0 Å². The standard InChI is InChI=1S/C33H43N3O5S2/c1-7-30(32(38)34-33(3,4)5)35(23-22-25-12-10-9-11-13-25)31(37)24-36(26-14-16-27(17-15-26)41-8-2)43(39,40)29-20-18-28(42-6)19-21-29/h9-21,30H,7-8,22-24H2,1-6H3,(H,34,38)/t30-/m1/s1. The number of nitrogens with one attached hydrogen (secondary N) is 1. The summed E-state index contributed by atoms with van der Waals surface area (Å²) in [5.41, 5.74) is 0.830. The first kappa shape index (κ1) is 34.0. The minimum absolute atomic E-state index is 0.0698. The number of rotatable bonds is 14. The summed E-state index contributed by atoms with van der Waals surface area (Å²) in [6.07, 6.45) is 2.80.